The van der Waals surface area contributed by atoms with E-state index in [4.69, 9.17) is 67.2 Å². The zero-order valence-electron chi connectivity index (χ0n) is 67.0. The van der Waals surface area contributed by atoms with Crippen LogP contribution in [0.4, 0.5) is 49.9 Å². The van der Waals surface area contributed by atoms with Crippen molar-refractivity contribution < 1.29 is 77.4 Å². The second-order valence-electron chi connectivity index (χ2n) is 27.7. The van der Waals surface area contributed by atoms with Gasteiger partial charge in [0.1, 0.15) is 85.0 Å². The largest absolute Gasteiger partial charge is 0.489 e. The fourth-order valence-electron chi connectivity index (χ4n) is 11.1. The molecule has 11 N–H and O–H groups in total. The fourth-order valence-corrected chi connectivity index (χ4v) is 12.0. The van der Waals surface area contributed by atoms with Crippen LogP contribution in [0.5, 0.6) is 28.7 Å². The second kappa shape index (κ2) is 46.4. The van der Waals surface area contributed by atoms with Crippen molar-refractivity contribution >= 4 is 17.3 Å². The summed E-state index contributed by atoms with van der Waals surface area (Å²) in [6, 6.07) is 35.3. The molecule has 3 aliphatic rings. The number of aromatic nitrogens is 13. The predicted molar refractivity (Wildman–Crippen MR) is 439 cm³/mol. The minimum Gasteiger partial charge on any atom is -0.489 e. The lowest BCUT2D eigenvalue weighted by atomic mass is 10.2. The molecule has 0 spiro atoms. The smallest absolute Gasteiger partial charge is 0.408 e. The SMILES string of the molecule is CC(C)n1nc(-c2ccc(OC/C(=C/F)CN)cc2)nc1C(F)F.CCn1nc(-c2ccc(OC/C(=C/F)CN)cc2)nc1N1CCOCC1.Cc1nc(-c2ccc(OC/C(=C/F)CN)cc2)sc1C.NC/C(=C\F)COc1ccc(-c2nc(C3CC3)n(CC(F)(F)F)n2)cc1.NC/C(=C\F)COc1ccc(-c2nc(C3CC3)n(CCO)n2)cc1. The van der Waals surface area contributed by atoms with Gasteiger partial charge in [0, 0.05) is 131 Å². The molecular formula is C83H99F10N19O7S. The summed E-state index contributed by atoms with van der Waals surface area (Å²) in [5, 5.41) is 27.4. The molecule has 0 amide bonds. The van der Waals surface area contributed by atoms with E-state index in [1.165, 1.54) is 9.56 Å². The number of alkyl halides is 5. The van der Waals surface area contributed by atoms with Crippen LogP contribution in [-0.2, 0) is 24.4 Å². The molecule has 5 aromatic heterocycles. The van der Waals surface area contributed by atoms with Crippen LogP contribution in [0.3, 0.4) is 0 Å². The Morgan fingerprint density at radius 1 is 0.492 bits per heavy atom. The quantitative estimate of drug-likeness (QED) is 0.0204. The van der Waals surface area contributed by atoms with E-state index >= 15 is 0 Å². The average molecular weight is 1700 g/mol. The van der Waals surface area contributed by atoms with E-state index in [2.05, 4.69) is 52.2 Å². The Labute approximate surface area is 692 Å². The van der Waals surface area contributed by atoms with Crippen LogP contribution in [0, 0.1) is 13.8 Å². The molecule has 0 bridgehead atoms. The Kier molecular flexibility index (Phi) is 35.8. The number of halogens is 10. The molecule has 5 aromatic carbocycles. The summed E-state index contributed by atoms with van der Waals surface area (Å²) in [7, 11) is 0. The number of aliphatic hydroxyl groups is 1. The Balaban J connectivity index is 0.000000171. The first-order valence-electron chi connectivity index (χ1n) is 38.6. The molecule has 37 heteroatoms. The number of hydrogen-bond donors (Lipinski definition) is 6. The van der Waals surface area contributed by atoms with Crippen molar-refractivity contribution in [3.05, 3.63) is 209 Å². The van der Waals surface area contributed by atoms with E-state index in [1.807, 2.05) is 79.2 Å². The number of ether oxygens (including phenoxy) is 6. The van der Waals surface area contributed by atoms with Crippen molar-refractivity contribution in [3.63, 3.8) is 0 Å². The molecule has 0 radical (unpaired) electrons. The van der Waals surface area contributed by atoms with Gasteiger partial charge in [-0.25, -0.2) is 69.4 Å². The number of benzene rings is 5. The molecule has 2 aliphatic carbocycles. The summed E-state index contributed by atoms with van der Waals surface area (Å²) in [5.74, 6) is 7.06. The fraction of sp³-hybridized carbons (Fsp3) is 0.386. The highest BCUT2D eigenvalue weighted by molar-refractivity contribution is 7.15. The normalized spacial score (nSPS) is 14.0. The lowest BCUT2D eigenvalue weighted by Crippen LogP contribution is -2.38. The molecule has 6 heterocycles. The van der Waals surface area contributed by atoms with Crippen LogP contribution in [0.15, 0.2) is 181 Å². The molecule has 26 nitrogen and oxygen atoms in total. The van der Waals surface area contributed by atoms with Gasteiger partial charge in [-0.2, -0.15) is 33.5 Å². The van der Waals surface area contributed by atoms with Gasteiger partial charge in [-0.15, -0.1) is 16.4 Å². The number of nitrogens with two attached hydrogens (primary N) is 5. The number of thiazole rings is 1. The van der Waals surface area contributed by atoms with Gasteiger partial charge in [0.15, 0.2) is 29.1 Å². The highest BCUT2D eigenvalue weighted by Gasteiger charge is 2.36. The predicted octanol–water partition coefficient (Wildman–Crippen LogP) is 14.8. The molecule has 1 aliphatic heterocycles. The maximum absolute atomic E-state index is 13.0. The molecule has 3 fully saturated rings. The summed E-state index contributed by atoms with van der Waals surface area (Å²) in [4.78, 5) is 25.5. The number of hydrogen-bond acceptors (Lipinski definition) is 23. The van der Waals surface area contributed by atoms with E-state index in [9.17, 15) is 43.9 Å². The van der Waals surface area contributed by atoms with Crippen LogP contribution in [0.25, 0.3) is 56.1 Å². The molecule has 13 rings (SSSR count). The number of anilines is 1. The Bertz CT molecular complexity index is 4920. The van der Waals surface area contributed by atoms with E-state index in [0.29, 0.717) is 143 Å². The van der Waals surface area contributed by atoms with Crippen molar-refractivity contribution in [1.29, 1.82) is 0 Å². The van der Waals surface area contributed by atoms with Crippen molar-refractivity contribution in [2.45, 2.75) is 110 Å². The lowest BCUT2D eigenvalue weighted by molar-refractivity contribution is -0.143. The third-order valence-electron chi connectivity index (χ3n) is 18.3. The summed E-state index contributed by atoms with van der Waals surface area (Å²) in [5.41, 5.74) is 33.8. The summed E-state index contributed by atoms with van der Waals surface area (Å²) in [6.07, 6.45) is -0.848. The molecular weight excluding hydrogens is 1600 g/mol. The van der Waals surface area contributed by atoms with Gasteiger partial charge in [-0.05, 0) is 182 Å². The first-order valence-corrected chi connectivity index (χ1v) is 39.4. The molecule has 1 saturated heterocycles. The van der Waals surface area contributed by atoms with Crippen molar-refractivity contribution in [1.82, 2.24) is 64.0 Å². The summed E-state index contributed by atoms with van der Waals surface area (Å²) >= 11 is 1.67. The number of aliphatic hydroxyl groups excluding tert-OH is 1. The van der Waals surface area contributed by atoms with Gasteiger partial charge in [0.25, 0.3) is 6.43 Å². The van der Waals surface area contributed by atoms with Gasteiger partial charge in [0.2, 0.25) is 5.95 Å². The van der Waals surface area contributed by atoms with E-state index in [-0.39, 0.29) is 102 Å². The van der Waals surface area contributed by atoms with E-state index in [0.717, 1.165) is 89.2 Å². The van der Waals surface area contributed by atoms with Crippen LogP contribution in [-0.4, -0.2) is 174 Å². The molecule has 0 unspecified atom stereocenters. The molecule has 0 atom stereocenters. The topological polar surface area (TPSA) is 345 Å². The van der Waals surface area contributed by atoms with Crippen LogP contribution < -0.4 is 57.3 Å². The van der Waals surface area contributed by atoms with Gasteiger partial charge in [0.05, 0.1) is 63.7 Å². The standard InChI is InChI=1S/C18H24FN5O2.C17H18F4N4O.C17H21FN4O2.C16H19F3N4O.C15H17FN2OS/c1-2-24-18(23-7-9-25-10-8-23)21-17(22-24)15-3-5-16(6-4-15)26-13-14(11-19)12-20;18-7-11(8-22)9-26-14-5-3-12(4-6-14)15-23-16(13-1-2-13)25(24-15)10-17(19,20)21;18-9-12(10-19)11-24-15-5-3-13(4-6-15)16-20-17(14-1-2-14)22(21-16)7-8-23;1-10(2)23-16(14(18)19)21-15(22-23)12-3-5-13(6-4-12)24-9-11(7-17)8-20;1-10-11(2)20-15(18-10)13-3-5-14(6-4-13)19-9-12(7-16)8-17/h3-6,11H,2,7-10,12-13,20H2,1H3;3-7,13H,1-2,8-10,22H2;3-6,9,14,23H,1-2,7-8,10-11,19H2;3-7,10,14H,8-9,20H2,1-2H3;3-7H,8-9,17H2,1-2H3/b14-11+;11-7+;12-9+;11-7+;12-7+. The zero-order valence-corrected chi connectivity index (χ0v) is 67.8. The Morgan fingerprint density at radius 2 is 0.833 bits per heavy atom. The van der Waals surface area contributed by atoms with Crippen molar-refractivity contribution in [2.75, 3.05) is 104 Å². The molecule has 10 aromatic rings. The number of rotatable bonds is 34. The molecule has 120 heavy (non-hydrogen) atoms. The lowest BCUT2D eigenvalue weighted by Gasteiger charge is -2.27. The maximum atomic E-state index is 13.0. The average Bonchev–Trinajstić information content (AvgIpc) is 1.64. The number of nitrogens with zero attached hydrogens (tertiary/aromatic N) is 14. The minimum atomic E-state index is -4.35. The van der Waals surface area contributed by atoms with Crippen LogP contribution >= 0.6 is 11.3 Å². The van der Waals surface area contributed by atoms with E-state index < -0.39 is 19.1 Å². The Morgan fingerprint density at radius 3 is 1.13 bits per heavy atom. The monoisotopic (exact) mass is 1700 g/mol. The van der Waals surface area contributed by atoms with Gasteiger partial charge >= 0.3 is 6.18 Å². The zero-order chi connectivity index (χ0) is 86.3. The number of morpholine rings is 1. The highest BCUT2D eigenvalue weighted by Crippen LogP contribution is 2.42. The van der Waals surface area contributed by atoms with Crippen molar-refractivity contribution in [2.24, 2.45) is 28.7 Å². The van der Waals surface area contributed by atoms with Crippen LogP contribution in [0.1, 0.15) is 98.8 Å². The Hall–Kier alpha value is -11.2. The third kappa shape index (κ3) is 27.7. The molecule has 644 valence electrons. The minimum absolute atomic E-state index is 0.0244. The second-order valence-corrected chi connectivity index (χ2v) is 28.9. The van der Waals surface area contributed by atoms with Crippen molar-refractivity contribution in [3.8, 4) is 84.9 Å². The first-order chi connectivity index (χ1) is 58.0. The number of aryl methyl sites for hydroxylation is 3. The summed E-state index contributed by atoms with van der Waals surface area (Å²) < 4.78 is 165. The maximum Gasteiger partial charge on any atom is 0.408 e. The molecule has 2 saturated carbocycles. The third-order valence-corrected chi connectivity index (χ3v) is 19.4. The van der Waals surface area contributed by atoms with E-state index in [1.54, 1.807) is 90.5 Å². The van der Waals surface area contributed by atoms with Crippen LogP contribution in [0.2, 0.25) is 0 Å². The van der Waals surface area contributed by atoms with Gasteiger partial charge in [-0.3, -0.25) is 0 Å². The summed E-state index contributed by atoms with van der Waals surface area (Å²) in [6.45, 7) is 13.8. The first kappa shape index (κ1) is 92.7. The van der Waals surface area contributed by atoms with Gasteiger partial charge in [-0.1, -0.05) is 0 Å². The van der Waals surface area contributed by atoms with Gasteiger partial charge < -0.3 is 67.1 Å². The highest BCUT2D eigenvalue weighted by atomic mass is 32.1.